The van der Waals surface area contributed by atoms with Gasteiger partial charge < -0.3 is 14.6 Å². The van der Waals surface area contributed by atoms with Crippen LogP contribution in [0.25, 0.3) is 0 Å². The monoisotopic (exact) mass is 253 g/mol. The molecule has 1 aliphatic heterocycles. The fraction of sp³-hybridized carbons (Fsp3) is 0.846. The lowest BCUT2D eigenvalue weighted by Crippen LogP contribution is -2.31. The second-order valence-corrected chi connectivity index (χ2v) is 5.66. The van der Waals surface area contributed by atoms with Crippen LogP contribution in [0.1, 0.15) is 38.4 Å². The molecule has 1 unspecified atom stereocenters. The Morgan fingerprint density at radius 3 is 3.00 bits per heavy atom. The van der Waals surface area contributed by atoms with Gasteiger partial charge in [-0.3, -0.25) is 0 Å². The summed E-state index contributed by atoms with van der Waals surface area (Å²) < 4.78 is 10.6. The minimum Gasteiger partial charge on any atom is -0.378 e. The first-order valence-corrected chi connectivity index (χ1v) is 6.66. The van der Waals surface area contributed by atoms with Crippen LogP contribution in [-0.2, 0) is 17.6 Å². The number of nitrogens with zero attached hydrogens (tertiary/aromatic N) is 2. The lowest BCUT2D eigenvalue weighted by molar-refractivity contribution is 0.0170. The van der Waals surface area contributed by atoms with Crippen LogP contribution >= 0.6 is 0 Å². The molecule has 2 heterocycles. The van der Waals surface area contributed by atoms with Crippen LogP contribution in [-0.4, -0.2) is 35.9 Å². The minimum absolute atomic E-state index is 0.254. The van der Waals surface area contributed by atoms with E-state index in [1.54, 1.807) is 7.11 Å². The van der Waals surface area contributed by atoms with Gasteiger partial charge in [-0.05, 0) is 45.7 Å². The van der Waals surface area contributed by atoms with Gasteiger partial charge in [-0.1, -0.05) is 5.16 Å². The van der Waals surface area contributed by atoms with Gasteiger partial charge in [0.05, 0.1) is 12.0 Å². The number of rotatable bonds is 5. The molecule has 0 spiro atoms. The third-order valence-electron chi connectivity index (χ3n) is 3.51. The quantitative estimate of drug-likeness (QED) is 0.863. The highest BCUT2D eigenvalue weighted by atomic mass is 16.5. The Kier molecular flexibility index (Phi) is 4.35. The van der Waals surface area contributed by atoms with Crippen LogP contribution in [0.4, 0.5) is 0 Å². The standard InChI is InChI=1S/C13H23N3O2/c1-13(2,17-3)8-12-15-11(16-18-12)7-10-5-4-6-14-9-10/h10,14H,4-9H2,1-3H3. The highest BCUT2D eigenvalue weighted by Gasteiger charge is 2.22. The Morgan fingerprint density at radius 2 is 2.33 bits per heavy atom. The minimum atomic E-state index is -0.254. The van der Waals surface area contributed by atoms with Crippen molar-refractivity contribution in [2.24, 2.45) is 5.92 Å². The molecule has 2 rings (SSSR count). The summed E-state index contributed by atoms with van der Waals surface area (Å²) in [5.74, 6) is 2.13. The zero-order valence-corrected chi connectivity index (χ0v) is 11.5. The van der Waals surface area contributed by atoms with Crippen molar-refractivity contribution in [3.05, 3.63) is 11.7 Å². The van der Waals surface area contributed by atoms with Crippen molar-refractivity contribution < 1.29 is 9.26 Å². The number of piperidine rings is 1. The zero-order chi connectivity index (χ0) is 13.0. The third-order valence-corrected chi connectivity index (χ3v) is 3.51. The van der Waals surface area contributed by atoms with E-state index in [0.717, 1.165) is 25.3 Å². The van der Waals surface area contributed by atoms with Crippen LogP contribution in [0.2, 0.25) is 0 Å². The number of methoxy groups -OCH3 is 1. The molecule has 0 amide bonds. The predicted molar refractivity (Wildman–Crippen MR) is 68.4 cm³/mol. The highest BCUT2D eigenvalue weighted by molar-refractivity contribution is 4.93. The largest absolute Gasteiger partial charge is 0.378 e. The summed E-state index contributed by atoms with van der Waals surface area (Å²) >= 11 is 0. The molecule has 18 heavy (non-hydrogen) atoms. The molecule has 1 aromatic rings. The first kappa shape index (κ1) is 13.5. The van der Waals surface area contributed by atoms with Crippen molar-refractivity contribution in [2.75, 3.05) is 20.2 Å². The molecule has 1 aliphatic rings. The van der Waals surface area contributed by atoms with Gasteiger partial charge in [0.1, 0.15) is 0 Å². The van der Waals surface area contributed by atoms with E-state index in [9.17, 15) is 0 Å². The summed E-state index contributed by atoms with van der Waals surface area (Å²) in [5, 5.41) is 7.46. The van der Waals surface area contributed by atoms with E-state index in [2.05, 4.69) is 15.5 Å². The smallest absolute Gasteiger partial charge is 0.229 e. The first-order chi connectivity index (χ1) is 8.59. The summed E-state index contributed by atoms with van der Waals surface area (Å²) in [6, 6.07) is 0. The van der Waals surface area contributed by atoms with Gasteiger partial charge in [-0.25, -0.2) is 0 Å². The van der Waals surface area contributed by atoms with Crippen molar-refractivity contribution in [3.63, 3.8) is 0 Å². The number of nitrogens with one attached hydrogen (secondary N) is 1. The Labute approximate surface area is 108 Å². The fourth-order valence-corrected chi connectivity index (χ4v) is 2.24. The van der Waals surface area contributed by atoms with Crippen LogP contribution in [0, 0.1) is 5.92 Å². The van der Waals surface area contributed by atoms with E-state index in [-0.39, 0.29) is 5.60 Å². The zero-order valence-electron chi connectivity index (χ0n) is 11.5. The molecule has 1 N–H and O–H groups in total. The maximum Gasteiger partial charge on any atom is 0.229 e. The average molecular weight is 253 g/mol. The van der Waals surface area contributed by atoms with Gasteiger partial charge in [0.25, 0.3) is 0 Å². The SMILES string of the molecule is COC(C)(C)Cc1nc(CC2CCCNC2)no1. The van der Waals surface area contributed by atoms with E-state index in [1.807, 2.05) is 13.8 Å². The van der Waals surface area contributed by atoms with Gasteiger partial charge in [0, 0.05) is 13.5 Å². The van der Waals surface area contributed by atoms with Crippen LogP contribution in [0.5, 0.6) is 0 Å². The second-order valence-electron chi connectivity index (χ2n) is 5.66. The summed E-state index contributed by atoms with van der Waals surface area (Å²) in [6.07, 6.45) is 4.05. The molecular weight excluding hydrogens is 230 g/mol. The fourth-order valence-electron chi connectivity index (χ4n) is 2.24. The molecule has 5 heteroatoms. The molecule has 0 aliphatic carbocycles. The molecule has 0 saturated carbocycles. The number of hydrogen-bond acceptors (Lipinski definition) is 5. The second kappa shape index (κ2) is 5.80. The normalized spacial score (nSPS) is 21.2. The van der Waals surface area contributed by atoms with E-state index in [0.29, 0.717) is 18.2 Å². The van der Waals surface area contributed by atoms with Crippen LogP contribution < -0.4 is 5.32 Å². The Balaban J connectivity index is 1.89. The third kappa shape index (κ3) is 3.78. The summed E-state index contributed by atoms with van der Waals surface area (Å²) in [5.41, 5.74) is -0.254. The average Bonchev–Trinajstić information content (AvgIpc) is 2.77. The molecule has 1 aromatic heterocycles. The lowest BCUT2D eigenvalue weighted by Gasteiger charge is -2.21. The summed E-state index contributed by atoms with van der Waals surface area (Å²) in [6.45, 7) is 6.23. The maximum absolute atomic E-state index is 5.36. The van der Waals surface area contributed by atoms with Crippen molar-refractivity contribution in [1.82, 2.24) is 15.5 Å². The Bertz CT molecular complexity index is 370. The molecule has 0 radical (unpaired) electrons. The van der Waals surface area contributed by atoms with Gasteiger partial charge in [0.15, 0.2) is 5.82 Å². The highest BCUT2D eigenvalue weighted by Crippen LogP contribution is 2.17. The topological polar surface area (TPSA) is 60.2 Å². The summed E-state index contributed by atoms with van der Waals surface area (Å²) in [7, 11) is 1.70. The van der Waals surface area contributed by atoms with Gasteiger partial charge in [-0.15, -0.1) is 0 Å². The molecule has 0 bridgehead atoms. The summed E-state index contributed by atoms with van der Waals surface area (Å²) in [4.78, 5) is 4.45. The number of ether oxygens (including phenoxy) is 1. The van der Waals surface area contributed by atoms with E-state index in [4.69, 9.17) is 9.26 Å². The molecule has 1 fully saturated rings. The van der Waals surface area contributed by atoms with E-state index >= 15 is 0 Å². The van der Waals surface area contributed by atoms with Crippen molar-refractivity contribution >= 4 is 0 Å². The van der Waals surface area contributed by atoms with Crippen LogP contribution in [0.3, 0.4) is 0 Å². The maximum atomic E-state index is 5.36. The molecule has 102 valence electrons. The van der Waals surface area contributed by atoms with Crippen molar-refractivity contribution in [1.29, 1.82) is 0 Å². The van der Waals surface area contributed by atoms with Crippen molar-refractivity contribution in [3.8, 4) is 0 Å². The lowest BCUT2D eigenvalue weighted by atomic mass is 9.96. The molecule has 1 atom stereocenters. The molecule has 1 saturated heterocycles. The first-order valence-electron chi connectivity index (χ1n) is 6.66. The van der Waals surface area contributed by atoms with E-state index < -0.39 is 0 Å². The van der Waals surface area contributed by atoms with Crippen molar-refractivity contribution in [2.45, 2.75) is 45.1 Å². The molecule has 5 nitrogen and oxygen atoms in total. The van der Waals surface area contributed by atoms with Gasteiger partial charge >= 0.3 is 0 Å². The van der Waals surface area contributed by atoms with Gasteiger partial charge in [-0.2, -0.15) is 4.98 Å². The Morgan fingerprint density at radius 1 is 1.50 bits per heavy atom. The molecular formula is C13H23N3O2. The molecule has 0 aromatic carbocycles. The predicted octanol–water partition coefficient (Wildman–Crippen LogP) is 1.58. The van der Waals surface area contributed by atoms with Crippen LogP contribution in [0.15, 0.2) is 4.52 Å². The van der Waals surface area contributed by atoms with Gasteiger partial charge in [0.2, 0.25) is 5.89 Å². The number of aromatic nitrogens is 2. The van der Waals surface area contributed by atoms with E-state index in [1.165, 1.54) is 12.8 Å². The Hall–Kier alpha value is -0.940. The number of hydrogen-bond donors (Lipinski definition) is 1.